The molecule has 0 aromatic heterocycles. The molecule has 2 atom stereocenters. The van der Waals surface area contributed by atoms with Gasteiger partial charge in [0.05, 0.1) is 13.2 Å². The van der Waals surface area contributed by atoms with Crippen molar-refractivity contribution in [3.8, 4) is 5.75 Å². The Bertz CT molecular complexity index is 354. The second kappa shape index (κ2) is 4.08. The van der Waals surface area contributed by atoms with Crippen molar-refractivity contribution in [3.05, 3.63) is 23.8 Å². The van der Waals surface area contributed by atoms with Gasteiger partial charge in [-0.2, -0.15) is 0 Å². The van der Waals surface area contributed by atoms with Crippen molar-refractivity contribution in [1.29, 1.82) is 0 Å². The minimum atomic E-state index is -0.499. The molecule has 0 unspecified atom stereocenters. The third-order valence-corrected chi connectivity index (χ3v) is 2.88. The zero-order chi connectivity index (χ0) is 10.8. The lowest BCUT2D eigenvalue weighted by atomic mass is 9.91. The van der Waals surface area contributed by atoms with E-state index in [9.17, 15) is 5.11 Å². The Labute approximate surface area is 89.0 Å². The number of fused-ring (bicyclic) bond motifs is 1. The number of ether oxygens (including phenoxy) is 1. The van der Waals surface area contributed by atoms with E-state index in [-0.39, 0.29) is 5.92 Å². The number of hydrogen-bond donors (Lipinski definition) is 3. The van der Waals surface area contributed by atoms with Crippen molar-refractivity contribution >= 4 is 5.69 Å². The fraction of sp³-hybridized carbons (Fsp3) is 0.455. The lowest BCUT2D eigenvalue weighted by molar-refractivity contribution is 0.114. The van der Waals surface area contributed by atoms with Crippen molar-refractivity contribution < 1.29 is 9.84 Å². The topological polar surface area (TPSA) is 67.5 Å². The highest BCUT2D eigenvalue weighted by Gasteiger charge is 2.26. The van der Waals surface area contributed by atoms with Crippen LogP contribution in [-0.4, -0.2) is 25.3 Å². The van der Waals surface area contributed by atoms with Crippen molar-refractivity contribution in [1.82, 2.24) is 0 Å². The van der Waals surface area contributed by atoms with E-state index in [1.807, 2.05) is 18.2 Å². The number of benzene rings is 1. The number of methoxy groups -OCH3 is 1. The Morgan fingerprint density at radius 2 is 2.40 bits per heavy atom. The Morgan fingerprint density at radius 3 is 3.07 bits per heavy atom. The molecule has 4 N–H and O–H groups in total. The molecule has 15 heavy (non-hydrogen) atoms. The van der Waals surface area contributed by atoms with Gasteiger partial charge in [-0.05, 0) is 24.7 Å². The zero-order valence-electron chi connectivity index (χ0n) is 8.73. The quantitative estimate of drug-likeness (QED) is 0.670. The summed E-state index contributed by atoms with van der Waals surface area (Å²) in [6.07, 6.45) is -0.499. The van der Waals surface area contributed by atoms with Gasteiger partial charge in [0.2, 0.25) is 0 Å². The summed E-state index contributed by atoms with van der Waals surface area (Å²) in [5.41, 5.74) is 7.43. The van der Waals surface area contributed by atoms with E-state index in [1.165, 1.54) is 0 Å². The predicted molar refractivity (Wildman–Crippen MR) is 59.0 cm³/mol. The molecule has 0 bridgehead atoms. The van der Waals surface area contributed by atoms with Crippen molar-refractivity contribution in [2.75, 3.05) is 25.5 Å². The Kier molecular flexibility index (Phi) is 2.79. The summed E-state index contributed by atoms with van der Waals surface area (Å²) in [5.74, 6) is 0.830. The summed E-state index contributed by atoms with van der Waals surface area (Å²) in [6, 6.07) is 5.65. The van der Waals surface area contributed by atoms with Crippen LogP contribution in [0.2, 0.25) is 0 Å². The maximum Gasteiger partial charge on any atom is 0.119 e. The molecule has 1 aliphatic heterocycles. The lowest BCUT2D eigenvalue weighted by Crippen LogP contribution is -2.33. The summed E-state index contributed by atoms with van der Waals surface area (Å²) < 4.78 is 5.13. The highest BCUT2D eigenvalue weighted by molar-refractivity contribution is 5.57. The largest absolute Gasteiger partial charge is 0.497 e. The molecule has 1 aliphatic rings. The van der Waals surface area contributed by atoms with Crippen LogP contribution in [-0.2, 0) is 0 Å². The first kappa shape index (κ1) is 10.3. The van der Waals surface area contributed by atoms with Crippen LogP contribution in [0.15, 0.2) is 18.2 Å². The van der Waals surface area contributed by atoms with Gasteiger partial charge < -0.3 is 20.9 Å². The second-order valence-electron chi connectivity index (χ2n) is 3.77. The Hall–Kier alpha value is -1.26. The molecular formula is C11H16N2O2. The summed E-state index contributed by atoms with van der Waals surface area (Å²) in [7, 11) is 1.62. The molecule has 0 radical (unpaired) electrons. The molecule has 0 amide bonds. The van der Waals surface area contributed by atoms with Gasteiger partial charge in [-0.1, -0.05) is 0 Å². The normalized spacial score (nSPS) is 24.2. The standard InChI is InChI=1S/C11H16N2O2/c1-15-8-2-3-10-9(4-8)11(14)7(5-12)6-13-10/h2-4,7,11,13-14H,5-6,12H2,1H3/t7-,11+/m0/s1. The first-order valence-electron chi connectivity index (χ1n) is 5.06. The molecule has 1 aromatic carbocycles. The van der Waals surface area contributed by atoms with E-state index in [0.29, 0.717) is 6.54 Å². The molecule has 0 saturated heterocycles. The minimum absolute atomic E-state index is 0.0737. The van der Waals surface area contributed by atoms with Crippen LogP contribution in [0.1, 0.15) is 11.7 Å². The van der Waals surface area contributed by atoms with Gasteiger partial charge in [0.1, 0.15) is 5.75 Å². The van der Waals surface area contributed by atoms with Crippen molar-refractivity contribution in [2.24, 2.45) is 11.7 Å². The first-order chi connectivity index (χ1) is 7.26. The number of aliphatic hydroxyl groups excluding tert-OH is 1. The van der Waals surface area contributed by atoms with Crippen LogP contribution in [0.25, 0.3) is 0 Å². The summed E-state index contributed by atoms with van der Waals surface area (Å²) in [5, 5.41) is 13.3. The molecule has 0 aliphatic carbocycles. The average Bonchev–Trinajstić information content (AvgIpc) is 2.29. The van der Waals surface area contributed by atoms with Gasteiger partial charge in [0, 0.05) is 23.7 Å². The van der Waals surface area contributed by atoms with Crippen molar-refractivity contribution in [3.63, 3.8) is 0 Å². The van der Waals surface area contributed by atoms with Crippen LogP contribution in [0.4, 0.5) is 5.69 Å². The third kappa shape index (κ3) is 1.78. The van der Waals surface area contributed by atoms with Crippen LogP contribution in [0, 0.1) is 5.92 Å². The van der Waals surface area contributed by atoms with Crippen LogP contribution < -0.4 is 15.8 Å². The molecule has 1 aromatic rings. The highest BCUT2D eigenvalue weighted by Crippen LogP contribution is 2.35. The molecule has 82 valence electrons. The van der Waals surface area contributed by atoms with E-state index in [2.05, 4.69) is 5.32 Å². The number of rotatable bonds is 2. The summed E-state index contributed by atoms with van der Waals surface area (Å²) >= 11 is 0. The van der Waals surface area contributed by atoms with Crippen LogP contribution in [0.5, 0.6) is 5.75 Å². The average molecular weight is 208 g/mol. The molecule has 1 heterocycles. The molecule has 0 spiro atoms. The fourth-order valence-electron chi connectivity index (χ4n) is 1.89. The number of nitrogens with two attached hydrogens (primary N) is 1. The van der Waals surface area contributed by atoms with Crippen LogP contribution >= 0.6 is 0 Å². The molecule has 4 nitrogen and oxygen atoms in total. The van der Waals surface area contributed by atoms with Gasteiger partial charge in [-0.15, -0.1) is 0 Å². The Balaban J connectivity index is 2.35. The summed E-state index contributed by atoms with van der Waals surface area (Å²) in [4.78, 5) is 0. The zero-order valence-corrected chi connectivity index (χ0v) is 8.73. The predicted octanol–water partition coefficient (Wildman–Crippen LogP) is 0.729. The van der Waals surface area contributed by atoms with Gasteiger partial charge in [0.15, 0.2) is 0 Å². The molecule has 0 saturated carbocycles. The fourth-order valence-corrected chi connectivity index (χ4v) is 1.89. The third-order valence-electron chi connectivity index (χ3n) is 2.88. The van der Waals surface area contributed by atoms with Gasteiger partial charge in [-0.3, -0.25) is 0 Å². The van der Waals surface area contributed by atoms with Gasteiger partial charge in [-0.25, -0.2) is 0 Å². The molecular weight excluding hydrogens is 192 g/mol. The maximum atomic E-state index is 10.1. The molecule has 0 fully saturated rings. The first-order valence-corrected chi connectivity index (χ1v) is 5.06. The van der Waals surface area contributed by atoms with E-state index < -0.39 is 6.10 Å². The number of aliphatic hydroxyl groups is 1. The summed E-state index contributed by atoms with van der Waals surface area (Å²) in [6.45, 7) is 1.20. The van der Waals surface area contributed by atoms with Crippen LogP contribution in [0.3, 0.4) is 0 Å². The van der Waals surface area contributed by atoms with Crippen molar-refractivity contribution in [2.45, 2.75) is 6.10 Å². The highest BCUT2D eigenvalue weighted by atomic mass is 16.5. The molecule has 2 rings (SSSR count). The lowest BCUT2D eigenvalue weighted by Gasteiger charge is -2.30. The SMILES string of the molecule is COc1ccc2c(c1)[C@H](O)[C@@H](CN)CN2. The monoisotopic (exact) mass is 208 g/mol. The number of anilines is 1. The van der Waals surface area contributed by atoms with Gasteiger partial charge >= 0.3 is 0 Å². The Morgan fingerprint density at radius 1 is 1.60 bits per heavy atom. The second-order valence-corrected chi connectivity index (χ2v) is 3.77. The molecule has 4 heteroatoms. The van der Waals surface area contributed by atoms with E-state index >= 15 is 0 Å². The van der Waals surface area contributed by atoms with E-state index in [4.69, 9.17) is 10.5 Å². The number of nitrogens with one attached hydrogen (secondary N) is 1. The van der Waals surface area contributed by atoms with E-state index in [0.717, 1.165) is 23.5 Å². The maximum absolute atomic E-state index is 10.1. The smallest absolute Gasteiger partial charge is 0.119 e. The minimum Gasteiger partial charge on any atom is -0.497 e. The van der Waals surface area contributed by atoms with E-state index in [1.54, 1.807) is 7.11 Å². The van der Waals surface area contributed by atoms with Gasteiger partial charge in [0.25, 0.3) is 0 Å². The number of hydrogen-bond acceptors (Lipinski definition) is 4.